The van der Waals surface area contributed by atoms with Crippen LogP contribution in [0, 0.1) is 0 Å². The predicted molar refractivity (Wildman–Crippen MR) is 207 cm³/mol. The van der Waals surface area contributed by atoms with Gasteiger partial charge in [-0.1, -0.05) is 109 Å². The first kappa shape index (κ1) is 26.7. The monoisotopic (exact) mass is 633 g/mol. The van der Waals surface area contributed by atoms with E-state index in [2.05, 4.69) is 169 Å². The second-order valence-corrected chi connectivity index (χ2v) is 14.3. The maximum atomic E-state index is 2.44. The fourth-order valence-electron chi connectivity index (χ4n) is 7.17. The third kappa shape index (κ3) is 4.28. The molecule has 220 valence electrons. The first-order valence-corrected chi connectivity index (χ1v) is 17.6. The summed E-state index contributed by atoms with van der Waals surface area (Å²) in [7, 11) is 0. The van der Waals surface area contributed by atoms with E-state index in [0.717, 1.165) is 11.4 Å². The smallest absolute Gasteiger partial charge is 0.0640 e. The average molecular weight is 634 g/mol. The van der Waals surface area contributed by atoms with Gasteiger partial charge in [-0.2, -0.15) is 0 Å². The van der Waals surface area contributed by atoms with E-state index < -0.39 is 0 Å². The number of nitrogens with zero attached hydrogens (tertiary/aromatic N) is 1. The molecule has 0 aliphatic rings. The normalized spacial score (nSPS) is 11.8. The van der Waals surface area contributed by atoms with E-state index >= 15 is 0 Å². The highest BCUT2D eigenvalue weighted by molar-refractivity contribution is 7.26. The number of hydrogen-bond acceptors (Lipinski definition) is 3. The molecule has 10 aromatic rings. The Morgan fingerprint density at radius 1 is 0.340 bits per heavy atom. The molecule has 0 bridgehead atoms. The molecule has 0 unspecified atom stereocenters. The molecule has 2 aromatic heterocycles. The zero-order valence-electron chi connectivity index (χ0n) is 25.4. The van der Waals surface area contributed by atoms with Gasteiger partial charge in [-0.15, -0.1) is 22.7 Å². The van der Waals surface area contributed by atoms with Crippen LogP contribution < -0.4 is 4.90 Å². The SMILES string of the molecule is c1ccc2c(c1)ccc1ccc(N(c3ccc(-c4ccc5sc6ccccc6c5c4)cc3)c3cccc4c3sc3ccccc34)cc12. The minimum Gasteiger partial charge on any atom is -0.309 e. The first-order valence-electron chi connectivity index (χ1n) is 15.9. The molecule has 0 saturated carbocycles. The van der Waals surface area contributed by atoms with Crippen molar-refractivity contribution in [3.05, 3.63) is 164 Å². The molecule has 47 heavy (non-hydrogen) atoms. The summed E-state index contributed by atoms with van der Waals surface area (Å²) < 4.78 is 5.28. The number of hydrogen-bond donors (Lipinski definition) is 0. The Hall–Kier alpha value is -5.48. The molecule has 0 spiro atoms. The largest absolute Gasteiger partial charge is 0.309 e. The Labute approximate surface area is 280 Å². The molecule has 3 heteroatoms. The van der Waals surface area contributed by atoms with Gasteiger partial charge in [0.2, 0.25) is 0 Å². The van der Waals surface area contributed by atoms with E-state index in [1.807, 2.05) is 22.7 Å². The van der Waals surface area contributed by atoms with E-state index in [1.54, 1.807) is 0 Å². The van der Waals surface area contributed by atoms with Crippen LogP contribution in [0.25, 0.3) is 73.0 Å². The van der Waals surface area contributed by atoms with E-state index in [1.165, 1.54) is 78.7 Å². The lowest BCUT2D eigenvalue weighted by Crippen LogP contribution is -2.10. The van der Waals surface area contributed by atoms with Crippen molar-refractivity contribution in [2.45, 2.75) is 0 Å². The topological polar surface area (TPSA) is 3.24 Å². The lowest BCUT2D eigenvalue weighted by Gasteiger charge is -2.27. The van der Waals surface area contributed by atoms with Crippen molar-refractivity contribution in [3.8, 4) is 11.1 Å². The molecule has 2 heterocycles. The molecular formula is C44H27NS2. The van der Waals surface area contributed by atoms with Gasteiger partial charge in [-0.3, -0.25) is 0 Å². The van der Waals surface area contributed by atoms with Crippen molar-refractivity contribution in [3.63, 3.8) is 0 Å². The van der Waals surface area contributed by atoms with Crippen molar-refractivity contribution >= 4 is 102 Å². The number of fused-ring (bicyclic) bond motifs is 9. The zero-order chi connectivity index (χ0) is 30.9. The number of anilines is 3. The predicted octanol–water partition coefficient (Wildman–Crippen LogP) is 13.9. The van der Waals surface area contributed by atoms with Crippen LogP contribution in [0.15, 0.2) is 164 Å². The van der Waals surface area contributed by atoms with E-state index in [0.29, 0.717) is 0 Å². The zero-order valence-corrected chi connectivity index (χ0v) is 27.0. The maximum Gasteiger partial charge on any atom is 0.0640 e. The molecular weight excluding hydrogens is 607 g/mol. The molecule has 0 atom stereocenters. The van der Waals surface area contributed by atoms with Crippen LogP contribution in [0.5, 0.6) is 0 Å². The van der Waals surface area contributed by atoms with Gasteiger partial charge >= 0.3 is 0 Å². The Morgan fingerprint density at radius 2 is 0.936 bits per heavy atom. The van der Waals surface area contributed by atoms with Crippen molar-refractivity contribution in [2.24, 2.45) is 0 Å². The van der Waals surface area contributed by atoms with Crippen molar-refractivity contribution in [2.75, 3.05) is 4.90 Å². The molecule has 0 saturated heterocycles. The number of thiophene rings is 2. The summed E-state index contributed by atoms with van der Waals surface area (Å²) in [5.41, 5.74) is 5.94. The summed E-state index contributed by atoms with van der Waals surface area (Å²) in [5, 5.41) is 10.3. The summed E-state index contributed by atoms with van der Waals surface area (Å²) >= 11 is 3.74. The maximum absolute atomic E-state index is 2.44. The minimum absolute atomic E-state index is 1.14. The van der Waals surface area contributed by atoms with Crippen LogP contribution in [0.1, 0.15) is 0 Å². The van der Waals surface area contributed by atoms with Gasteiger partial charge in [0, 0.05) is 47.0 Å². The van der Waals surface area contributed by atoms with Crippen LogP contribution >= 0.6 is 22.7 Å². The van der Waals surface area contributed by atoms with Gasteiger partial charge in [-0.05, 0) is 87.3 Å². The van der Waals surface area contributed by atoms with Gasteiger partial charge in [0.05, 0.1) is 10.4 Å². The van der Waals surface area contributed by atoms with Gasteiger partial charge in [0.25, 0.3) is 0 Å². The van der Waals surface area contributed by atoms with Gasteiger partial charge in [0.1, 0.15) is 0 Å². The molecule has 0 N–H and O–H groups in total. The lowest BCUT2D eigenvalue weighted by molar-refractivity contribution is 1.31. The van der Waals surface area contributed by atoms with Gasteiger partial charge in [-0.25, -0.2) is 0 Å². The van der Waals surface area contributed by atoms with Crippen LogP contribution in [0.2, 0.25) is 0 Å². The first-order chi connectivity index (χ1) is 23.3. The summed E-state index contributed by atoms with van der Waals surface area (Å²) in [5.74, 6) is 0. The molecule has 0 aliphatic carbocycles. The Morgan fingerprint density at radius 3 is 1.77 bits per heavy atom. The third-order valence-corrected chi connectivity index (χ3v) is 11.8. The Kier molecular flexibility index (Phi) is 5.98. The Bertz CT molecular complexity index is 2800. The van der Waals surface area contributed by atoms with E-state index in [4.69, 9.17) is 0 Å². The number of rotatable bonds is 4. The second kappa shape index (κ2) is 10.5. The molecule has 0 fully saturated rings. The Balaban J connectivity index is 1.16. The van der Waals surface area contributed by atoms with Crippen LogP contribution in [-0.2, 0) is 0 Å². The standard InChI is InChI=1S/C44H27NS2/c1-2-9-34-29(8-1)16-17-30-20-24-33(27-38(30)34)45(40-13-7-12-37-35-10-3-6-15-42(35)47-44(37)40)32-22-18-28(19-23-32)31-21-25-43-39(26-31)36-11-4-5-14-41(36)46-43/h1-27H. The summed E-state index contributed by atoms with van der Waals surface area (Å²) in [6, 6.07) is 60.3. The molecule has 0 aliphatic heterocycles. The highest BCUT2D eigenvalue weighted by atomic mass is 32.1. The number of benzene rings is 8. The summed E-state index contributed by atoms with van der Waals surface area (Å²) in [6.07, 6.45) is 0. The molecule has 10 rings (SSSR count). The second-order valence-electron chi connectivity index (χ2n) is 12.1. The highest BCUT2D eigenvalue weighted by Gasteiger charge is 2.19. The fraction of sp³-hybridized carbons (Fsp3) is 0. The van der Waals surface area contributed by atoms with Gasteiger partial charge in [0.15, 0.2) is 0 Å². The van der Waals surface area contributed by atoms with E-state index in [-0.39, 0.29) is 0 Å². The van der Waals surface area contributed by atoms with Gasteiger partial charge < -0.3 is 4.90 Å². The quantitative estimate of drug-likeness (QED) is 0.174. The highest BCUT2D eigenvalue weighted by Crippen LogP contribution is 2.46. The van der Waals surface area contributed by atoms with Crippen LogP contribution in [0.4, 0.5) is 17.1 Å². The minimum atomic E-state index is 1.14. The van der Waals surface area contributed by atoms with Crippen molar-refractivity contribution < 1.29 is 0 Å². The van der Waals surface area contributed by atoms with Crippen LogP contribution in [-0.4, -0.2) is 0 Å². The van der Waals surface area contributed by atoms with Crippen LogP contribution in [0.3, 0.4) is 0 Å². The average Bonchev–Trinajstić information content (AvgIpc) is 3.71. The lowest BCUT2D eigenvalue weighted by atomic mass is 10.00. The summed E-state index contributed by atoms with van der Waals surface area (Å²) in [4.78, 5) is 2.44. The fourth-order valence-corrected chi connectivity index (χ4v) is 9.47. The van der Waals surface area contributed by atoms with Crippen molar-refractivity contribution in [1.29, 1.82) is 0 Å². The molecule has 1 nitrogen and oxygen atoms in total. The molecule has 0 amide bonds. The molecule has 0 radical (unpaired) electrons. The summed E-state index contributed by atoms with van der Waals surface area (Å²) in [6.45, 7) is 0. The van der Waals surface area contributed by atoms with E-state index in [9.17, 15) is 0 Å². The van der Waals surface area contributed by atoms with Crippen molar-refractivity contribution in [1.82, 2.24) is 0 Å². The third-order valence-electron chi connectivity index (χ3n) is 9.45. The molecule has 8 aromatic carbocycles.